The van der Waals surface area contributed by atoms with E-state index in [1.807, 2.05) is 11.1 Å². The molecule has 1 heteroatoms. The third-order valence-corrected chi connectivity index (χ3v) is 10.6. The van der Waals surface area contributed by atoms with Crippen LogP contribution in [-0.2, 0) is 0 Å². The van der Waals surface area contributed by atoms with Gasteiger partial charge in [0.25, 0.3) is 0 Å². The zero-order chi connectivity index (χ0) is 20.8. The van der Waals surface area contributed by atoms with Crippen molar-refractivity contribution < 1.29 is 5.11 Å². The number of rotatable bonds is 5. The molecule has 0 aromatic heterocycles. The first kappa shape index (κ1) is 21.7. The minimum Gasteiger partial charge on any atom is -0.392 e. The summed E-state index contributed by atoms with van der Waals surface area (Å²) >= 11 is 0. The molecular formula is C28H46O. The van der Waals surface area contributed by atoms with Crippen LogP contribution in [0.25, 0.3) is 0 Å². The highest BCUT2D eigenvalue weighted by Gasteiger charge is 2.55. The molecule has 0 heterocycles. The van der Waals surface area contributed by atoms with Crippen LogP contribution in [0.15, 0.2) is 22.3 Å². The predicted octanol–water partition coefficient (Wildman–Crippen LogP) is 7.84. The third-order valence-electron chi connectivity index (χ3n) is 10.6. The molecule has 0 aromatic rings. The van der Waals surface area contributed by atoms with E-state index in [0.717, 1.165) is 23.7 Å². The van der Waals surface area contributed by atoms with Gasteiger partial charge in [-0.1, -0.05) is 50.3 Å². The molecule has 0 aromatic carbocycles. The maximum Gasteiger partial charge on any atom is 0.0641 e. The molecule has 0 saturated heterocycles. The van der Waals surface area contributed by atoms with E-state index in [1.54, 1.807) is 0 Å². The first-order valence-electron chi connectivity index (χ1n) is 12.8. The van der Waals surface area contributed by atoms with Crippen LogP contribution < -0.4 is 0 Å². The number of aliphatic hydroxyl groups is 1. The van der Waals surface area contributed by atoms with Crippen molar-refractivity contribution in [3.05, 3.63) is 22.3 Å². The van der Waals surface area contributed by atoms with Crippen LogP contribution in [0.2, 0.25) is 0 Å². The third kappa shape index (κ3) is 3.58. The molecule has 4 rings (SSSR count). The molecule has 1 unspecified atom stereocenters. The quantitative estimate of drug-likeness (QED) is 0.467. The minimum atomic E-state index is 0.222. The Kier molecular flexibility index (Phi) is 6.11. The molecule has 164 valence electrons. The van der Waals surface area contributed by atoms with Crippen LogP contribution in [0.1, 0.15) is 112 Å². The molecule has 1 nitrogen and oxygen atoms in total. The topological polar surface area (TPSA) is 20.2 Å². The summed E-state index contributed by atoms with van der Waals surface area (Å²) in [6.45, 7) is 12.4. The Hall–Kier alpha value is -0.560. The van der Waals surface area contributed by atoms with Gasteiger partial charge in [-0.2, -0.15) is 0 Å². The normalized spacial score (nSPS) is 41.4. The summed E-state index contributed by atoms with van der Waals surface area (Å²) in [4.78, 5) is 0. The zero-order valence-electron chi connectivity index (χ0n) is 19.9. The molecule has 0 radical (unpaired) electrons. The molecule has 2 saturated carbocycles. The molecule has 4 aliphatic rings. The second-order valence-electron chi connectivity index (χ2n) is 11.9. The van der Waals surface area contributed by atoms with Crippen molar-refractivity contribution in [3.63, 3.8) is 0 Å². The fourth-order valence-electron chi connectivity index (χ4n) is 8.46. The van der Waals surface area contributed by atoms with Gasteiger partial charge in [0.2, 0.25) is 0 Å². The standard InChI is InChI=1S/C28H46O/c1-19(21(3)18-29)9-10-20(2)24-13-14-25-23-12-11-22-8-6-7-16-27(22,4)26(23)15-17-28(24,25)5/h20,22,24-25,29H,6-18H2,1-5H3/t20-,22?,24-,25+,27+,28-/m1/s1. The van der Waals surface area contributed by atoms with E-state index in [-0.39, 0.29) is 6.61 Å². The lowest BCUT2D eigenvalue weighted by Crippen LogP contribution is -2.43. The Morgan fingerprint density at radius 2 is 1.79 bits per heavy atom. The van der Waals surface area contributed by atoms with Gasteiger partial charge in [0.1, 0.15) is 0 Å². The van der Waals surface area contributed by atoms with Gasteiger partial charge < -0.3 is 5.11 Å². The summed E-state index contributed by atoms with van der Waals surface area (Å²) in [6, 6.07) is 0. The molecule has 1 N–H and O–H groups in total. The summed E-state index contributed by atoms with van der Waals surface area (Å²) in [6.07, 6.45) is 17.0. The van der Waals surface area contributed by atoms with Gasteiger partial charge in [-0.15, -0.1) is 0 Å². The van der Waals surface area contributed by atoms with Gasteiger partial charge in [-0.25, -0.2) is 0 Å². The average Bonchev–Trinajstić information content (AvgIpc) is 3.08. The highest BCUT2D eigenvalue weighted by atomic mass is 16.3. The second-order valence-corrected chi connectivity index (χ2v) is 11.9. The van der Waals surface area contributed by atoms with E-state index < -0.39 is 0 Å². The van der Waals surface area contributed by atoms with Crippen LogP contribution in [0.4, 0.5) is 0 Å². The van der Waals surface area contributed by atoms with E-state index in [9.17, 15) is 5.11 Å². The van der Waals surface area contributed by atoms with E-state index in [1.165, 1.54) is 88.2 Å². The van der Waals surface area contributed by atoms with Crippen LogP contribution in [0.3, 0.4) is 0 Å². The first-order valence-corrected chi connectivity index (χ1v) is 12.8. The van der Waals surface area contributed by atoms with Crippen molar-refractivity contribution in [2.45, 2.75) is 112 Å². The number of fused-ring (bicyclic) bond motifs is 4. The van der Waals surface area contributed by atoms with E-state index in [4.69, 9.17) is 0 Å². The lowest BCUT2D eigenvalue weighted by Gasteiger charge is -2.54. The predicted molar refractivity (Wildman–Crippen MR) is 124 cm³/mol. The molecule has 6 atom stereocenters. The number of aliphatic hydroxyl groups excluding tert-OH is 1. The van der Waals surface area contributed by atoms with Crippen LogP contribution >= 0.6 is 0 Å². The maximum absolute atomic E-state index is 9.43. The SMILES string of the molecule is CC(CO)=C(C)CC[C@@H](C)[C@H]1CC[C@H]2C3=C(CC[C@]12C)[C@@]1(C)CCCCC1CC3. The molecule has 0 bridgehead atoms. The van der Waals surface area contributed by atoms with Crippen molar-refractivity contribution in [1.82, 2.24) is 0 Å². The monoisotopic (exact) mass is 398 g/mol. The minimum absolute atomic E-state index is 0.222. The van der Waals surface area contributed by atoms with E-state index in [0.29, 0.717) is 10.8 Å². The molecule has 0 amide bonds. The van der Waals surface area contributed by atoms with Gasteiger partial charge >= 0.3 is 0 Å². The second kappa shape index (κ2) is 8.18. The Bertz CT molecular complexity index is 684. The highest BCUT2D eigenvalue weighted by molar-refractivity contribution is 5.34. The van der Waals surface area contributed by atoms with E-state index in [2.05, 4.69) is 34.6 Å². The van der Waals surface area contributed by atoms with Crippen LogP contribution in [0.5, 0.6) is 0 Å². The van der Waals surface area contributed by atoms with Gasteiger partial charge in [-0.05, 0) is 118 Å². The van der Waals surface area contributed by atoms with Crippen molar-refractivity contribution in [1.29, 1.82) is 0 Å². The lowest BCUT2D eigenvalue weighted by atomic mass is 9.50. The molecule has 0 aliphatic heterocycles. The smallest absolute Gasteiger partial charge is 0.0641 e. The summed E-state index contributed by atoms with van der Waals surface area (Å²) in [5, 5.41) is 9.43. The fourth-order valence-corrected chi connectivity index (χ4v) is 8.46. The molecule has 2 fully saturated rings. The number of hydrogen-bond donors (Lipinski definition) is 1. The highest BCUT2D eigenvalue weighted by Crippen LogP contribution is 2.66. The Morgan fingerprint density at radius 3 is 2.55 bits per heavy atom. The van der Waals surface area contributed by atoms with Crippen molar-refractivity contribution in [2.75, 3.05) is 6.61 Å². The van der Waals surface area contributed by atoms with Crippen LogP contribution in [-0.4, -0.2) is 11.7 Å². The largest absolute Gasteiger partial charge is 0.392 e. The molecular weight excluding hydrogens is 352 g/mol. The summed E-state index contributed by atoms with van der Waals surface area (Å²) in [5.74, 6) is 3.56. The Balaban J connectivity index is 1.52. The Morgan fingerprint density at radius 1 is 1.00 bits per heavy atom. The van der Waals surface area contributed by atoms with Crippen molar-refractivity contribution in [2.24, 2.45) is 34.5 Å². The number of allylic oxidation sites excluding steroid dienone is 3. The lowest BCUT2D eigenvalue weighted by molar-refractivity contribution is 0.0666. The molecule has 29 heavy (non-hydrogen) atoms. The zero-order valence-corrected chi connectivity index (χ0v) is 19.9. The summed E-state index contributed by atoms with van der Waals surface area (Å²) < 4.78 is 0. The maximum atomic E-state index is 9.43. The van der Waals surface area contributed by atoms with Gasteiger partial charge in [0.15, 0.2) is 0 Å². The van der Waals surface area contributed by atoms with Gasteiger partial charge in [0.05, 0.1) is 6.61 Å². The average molecular weight is 399 g/mol. The fraction of sp³-hybridized carbons (Fsp3) is 0.857. The van der Waals surface area contributed by atoms with Crippen molar-refractivity contribution >= 4 is 0 Å². The number of hydrogen-bond acceptors (Lipinski definition) is 1. The van der Waals surface area contributed by atoms with Crippen molar-refractivity contribution in [3.8, 4) is 0 Å². The first-order chi connectivity index (χ1) is 13.8. The molecule has 4 aliphatic carbocycles. The van der Waals surface area contributed by atoms with Crippen LogP contribution in [0, 0.1) is 34.5 Å². The van der Waals surface area contributed by atoms with Gasteiger partial charge in [0, 0.05) is 0 Å². The van der Waals surface area contributed by atoms with Gasteiger partial charge in [-0.3, -0.25) is 0 Å². The van der Waals surface area contributed by atoms with E-state index >= 15 is 0 Å². The summed E-state index contributed by atoms with van der Waals surface area (Å²) in [5.41, 5.74) is 7.61. The Labute approximate surface area is 180 Å². The summed E-state index contributed by atoms with van der Waals surface area (Å²) in [7, 11) is 0. The molecule has 0 spiro atoms.